The number of rotatable bonds is 8. The Kier molecular flexibility index (Phi) is 6.46. The van der Waals surface area contributed by atoms with E-state index in [4.69, 9.17) is 9.47 Å². The zero-order valence-corrected chi connectivity index (χ0v) is 16.7. The molecule has 0 aliphatic carbocycles. The van der Waals surface area contributed by atoms with Crippen molar-refractivity contribution in [1.82, 2.24) is 10.2 Å². The van der Waals surface area contributed by atoms with Gasteiger partial charge in [0.2, 0.25) is 0 Å². The van der Waals surface area contributed by atoms with Gasteiger partial charge in [-0.2, -0.15) is 0 Å². The molecule has 0 spiro atoms. The standard InChI is InChI=1S/C22H22N2O6/c1-14(20(26)23-13-15-7-3-6-10-18(15)29-2)30-19(25)11-12-24-21(27)16-8-4-5-9-17(16)22(24)28/h3-10,14H,11-13H2,1-2H3,(H,23,26)/t14-/m0/s1. The van der Waals surface area contributed by atoms with Crippen LogP contribution in [0.15, 0.2) is 48.5 Å². The van der Waals surface area contributed by atoms with Crippen LogP contribution in [0.1, 0.15) is 39.6 Å². The summed E-state index contributed by atoms with van der Waals surface area (Å²) < 4.78 is 10.4. The normalized spacial score (nSPS) is 13.6. The quantitative estimate of drug-likeness (QED) is 0.527. The average Bonchev–Trinajstić information content (AvgIpc) is 3.00. The maximum Gasteiger partial charge on any atom is 0.308 e. The highest BCUT2D eigenvalue weighted by molar-refractivity contribution is 6.21. The summed E-state index contributed by atoms with van der Waals surface area (Å²) in [6.45, 7) is 1.57. The number of nitrogens with zero attached hydrogens (tertiary/aromatic N) is 1. The molecule has 0 fully saturated rings. The van der Waals surface area contributed by atoms with Gasteiger partial charge in [0, 0.05) is 18.7 Å². The summed E-state index contributed by atoms with van der Waals surface area (Å²) in [5.74, 6) is -1.37. The number of carbonyl (C=O) groups excluding carboxylic acids is 4. The molecule has 8 nitrogen and oxygen atoms in total. The molecule has 0 saturated carbocycles. The van der Waals surface area contributed by atoms with E-state index in [2.05, 4.69) is 5.32 Å². The Labute approximate surface area is 173 Å². The Hall–Kier alpha value is -3.68. The second-order valence-electron chi connectivity index (χ2n) is 6.72. The third-order valence-corrected chi connectivity index (χ3v) is 4.74. The number of ether oxygens (including phenoxy) is 2. The molecule has 0 radical (unpaired) electrons. The molecule has 0 unspecified atom stereocenters. The minimum Gasteiger partial charge on any atom is -0.496 e. The maximum atomic E-state index is 12.3. The highest BCUT2D eigenvalue weighted by Gasteiger charge is 2.35. The molecule has 8 heteroatoms. The van der Waals surface area contributed by atoms with Crippen molar-refractivity contribution < 1.29 is 28.7 Å². The molecule has 1 aliphatic heterocycles. The summed E-state index contributed by atoms with van der Waals surface area (Å²) in [5.41, 5.74) is 1.43. The van der Waals surface area contributed by atoms with Crippen molar-refractivity contribution in [2.75, 3.05) is 13.7 Å². The van der Waals surface area contributed by atoms with E-state index in [1.165, 1.54) is 6.92 Å². The van der Waals surface area contributed by atoms with Gasteiger partial charge in [0.05, 0.1) is 24.7 Å². The number of hydrogen-bond acceptors (Lipinski definition) is 6. The van der Waals surface area contributed by atoms with E-state index in [9.17, 15) is 19.2 Å². The highest BCUT2D eigenvalue weighted by atomic mass is 16.5. The van der Waals surface area contributed by atoms with E-state index >= 15 is 0 Å². The van der Waals surface area contributed by atoms with Crippen molar-refractivity contribution in [3.05, 3.63) is 65.2 Å². The van der Waals surface area contributed by atoms with Crippen molar-refractivity contribution in [1.29, 1.82) is 0 Å². The lowest BCUT2D eigenvalue weighted by atomic mass is 10.1. The first kappa shape index (κ1) is 21.0. The van der Waals surface area contributed by atoms with E-state index in [0.29, 0.717) is 16.9 Å². The Bertz CT molecular complexity index is 952. The summed E-state index contributed by atoms with van der Waals surface area (Å²) >= 11 is 0. The topological polar surface area (TPSA) is 102 Å². The van der Waals surface area contributed by atoms with Crippen LogP contribution in [-0.2, 0) is 20.9 Å². The van der Waals surface area contributed by atoms with Gasteiger partial charge in [-0.15, -0.1) is 0 Å². The van der Waals surface area contributed by atoms with Crippen LogP contribution in [0.3, 0.4) is 0 Å². The van der Waals surface area contributed by atoms with Crippen LogP contribution in [0.5, 0.6) is 5.75 Å². The lowest BCUT2D eigenvalue weighted by Crippen LogP contribution is -2.37. The zero-order chi connectivity index (χ0) is 21.7. The van der Waals surface area contributed by atoms with E-state index in [1.807, 2.05) is 18.2 Å². The van der Waals surface area contributed by atoms with Crippen molar-refractivity contribution in [2.24, 2.45) is 0 Å². The molecule has 0 aromatic heterocycles. The van der Waals surface area contributed by atoms with Crippen molar-refractivity contribution >= 4 is 23.7 Å². The largest absolute Gasteiger partial charge is 0.496 e. The third-order valence-electron chi connectivity index (χ3n) is 4.74. The number of esters is 1. The molecule has 0 bridgehead atoms. The van der Waals surface area contributed by atoms with Crippen LogP contribution in [0.2, 0.25) is 0 Å². The molecule has 3 rings (SSSR count). The fraction of sp³-hybridized carbons (Fsp3) is 0.273. The lowest BCUT2D eigenvalue weighted by Gasteiger charge is -2.16. The number of nitrogens with one attached hydrogen (secondary N) is 1. The van der Waals surface area contributed by atoms with Gasteiger partial charge in [-0.3, -0.25) is 24.1 Å². The van der Waals surface area contributed by atoms with Gasteiger partial charge < -0.3 is 14.8 Å². The van der Waals surface area contributed by atoms with Crippen LogP contribution in [0.25, 0.3) is 0 Å². The molecular weight excluding hydrogens is 388 g/mol. The monoisotopic (exact) mass is 410 g/mol. The van der Waals surface area contributed by atoms with Gasteiger partial charge in [0.1, 0.15) is 5.75 Å². The highest BCUT2D eigenvalue weighted by Crippen LogP contribution is 2.22. The smallest absolute Gasteiger partial charge is 0.308 e. The van der Waals surface area contributed by atoms with E-state index in [-0.39, 0.29) is 19.5 Å². The molecule has 2 aromatic carbocycles. The molecular formula is C22H22N2O6. The molecule has 30 heavy (non-hydrogen) atoms. The van der Waals surface area contributed by atoms with Crippen LogP contribution >= 0.6 is 0 Å². The summed E-state index contributed by atoms with van der Waals surface area (Å²) in [4.78, 5) is 49.9. The second-order valence-corrected chi connectivity index (χ2v) is 6.72. The number of amides is 3. The number of benzene rings is 2. The van der Waals surface area contributed by atoms with Crippen LogP contribution < -0.4 is 10.1 Å². The molecule has 2 aromatic rings. The SMILES string of the molecule is COc1ccccc1CNC(=O)[C@H](C)OC(=O)CCN1C(=O)c2ccccc2C1=O. The summed E-state index contributed by atoms with van der Waals surface area (Å²) in [6, 6.07) is 13.7. The van der Waals surface area contributed by atoms with Gasteiger partial charge in [-0.25, -0.2) is 0 Å². The first-order chi connectivity index (χ1) is 14.4. The zero-order valence-electron chi connectivity index (χ0n) is 16.7. The molecule has 1 heterocycles. The first-order valence-corrected chi connectivity index (χ1v) is 9.46. The van der Waals surface area contributed by atoms with Crippen LogP contribution in [0, 0.1) is 0 Å². The van der Waals surface area contributed by atoms with Gasteiger partial charge in [-0.05, 0) is 25.1 Å². The molecule has 0 saturated heterocycles. The fourth-order valence-corrected chi connectivity index (χ4v) is 3.13. The lowest BCUT2D eigenvalue weighted by molar-refractivity contribution is -0.154. The molecule has 156 valence electrons. The predicted octanol–water partition coefficient (Wildman–Crippen LogP) is 1.93. The van der Waals surface area contributed by atoms with E-state index in [0.717, 1.165) is 10.5 Å². The van der Waals surface area contributed by atoms with Crippen molar-refractivity contribution in [2.45, 2.75) is 26.0 Å². The number of hydrogen-bond donors (Lipinski definition) is 1. The molecule has 1 atom stereocenters. The third kappa shape index (κ3) is 4.48. The second kappa shape index (κ2) is 9.21. The number of para-hydroxylation sites is 1. The van der Waals surface area contributed by atoms with Crippen molar-refractivity contribution in [3.8, 4) is 5.75 Å². The minimum atomic E-state index is -1.02. The van der Waals surface area contributed by atoms with Gasteiger partial charge >= 0.3 is 5.97 Å². The van der Waals surface area contributed by atoms with Crippen molar-refractivity contribution in [3.63, 3.8) is 0 Å². The van der Waals surface area contributed by atoms with Gasteiger partial charge in [-0.1, -0.05) is 30.3 Å². The maximum absolute atomic E-state index is 12.3. The van der Waals surface area contributed by atoms with Gasteiger partial charge in [0.15, 0.2) is 6.10 Å². The average molecular weight is 410 g/mol. The number of methoxy groups -OCH3 is 1. The molecule has 1 N–H and O–H groups in total. The van der Waals surface area contributed by atoms with E-state index in [1.54, 1.807) is 37.4 Å². The fourth-order valence-electron chi connectivity index (χ4n) is 3.13. The Morgan fingerprint density at radius 2 is 1.60 bits per heavy atom. The Balaban J connectivity index is 1.47. The predicted molar refractivity (Wildman–Crippen MR) is 107 cm³/mol. The minimum absolute atomic E-state index is 0.110. The van der Waals surface area contributed by atoms with Crippen LogP contribution in [-0.4, -0.2) is 48.3 Å². The summed E-state index contributed by atoms with van der Waals surface area (Å²) in [6.07, 6.45) is -1.22. The number of fused-ring (bicyclic) bond motifs is 1. The number of imide groups is 1. The summed E-state index contributed by atoms with van der Waals surface area (Å²) in [5, 5.41) is 2.69. The molecule has 3 amide bonds. The Morgan fingerprint density at radius 1 is 1.00 bits per heavy atom. The van der Waals surface area contributed by atoms with Crippen LogP contribution in [0.4, 0.5) is 0 Å². The molecule has 1 aliphatic rings. The van der Waals surface area contributed by atoms with E-state index < -0.39 is 29.8 Å². The van der Waals surface area contributed by atoms with Gasteiger partial charge in [0.25, 0.3) is 17.7 Å². The first-order valence-electron chi connectivity index (χ1n) is 9.46. The number of carbonyl (C=O) groups is 4. The summed E-state index contributed by atoms with van der Waals surface area (Å²) in [7, 11) is 1.54. The Morgan fingerprint density at radius 3 is 2.23 bits per heavy atom.